The van der Waals surface area contributed by atoms with Crippen molar-refractivity contribution in [2.75, 3.05) is 5.32 Å². The van der Waals surface area contributed by atoms with Crippen LogP contribution < -0.4 is 5.32 Å². The normalized spacial score (nSPS) is 10.1. The van der Waals surface area contributed by atoms with Crippen molar-refractivity contribution in [3.8, 4) is 0 Å². The minimum Gasteiger partial charge on any atom is -0.320 e. The Hall–Kier alpha value is -1.68. The number of amides is 1. The number of nitrogens with zero attached hydrogens (tertiary/aromatic N) is 1. The molecule has 0 bridgehead atoms. The molecule has 0 saturated heterocycles. The minimum atomic E-state index is -0.110. The molecule has 1 N–H and O–H groups in total. The third kappa shape index (κ3) is 2.76. The number of hydrogen-bond acceptors (Lipinski definition) is 2. The van der Waals surface area contributed by atoms with Gasteiger partial charge in [0, 0.05) is 11.8 Å². The van der Waals surface area contributed by atoms with E-state index in [-0.39, 0.29) is 5.91 Å². The minimum absolute atomic E-state index is 0.110. The number of aryl methyl sites for hydroxylation is 1. The number of hydrogen-bond donors (Lipinski definition) is 1. The van der Waals surface area contributed by atoms with Crippen molar-refractivity contribution in [3.05, 3.63) is 58.3 Å². The number of pyridine rings is 1. The van der Waals surface area contributed by atoms with Gasteiger partial charge in [-0.2, -0.15) is 0 Å². The van der Waals surface area contributed by atoms with E-state index in [0.717, 1.165) is 12.0 Å². The highest BCUT2D eigenvalue weighted by Gasteiger charge is 2.11. The standard InChI is InChI=1S/C14H13BrN2O/c1-2-10-6-3-4-7-11(10)14(18)17-12-8-5-9-16-13(12)15/h3-9H,2H2,1H3,(H,17,18). The molecule has 0 aliphatic rings. The van der Waals surface area contributed by atoms with E-state index in [1.165, 1.54) is 0 Å². The average Bonchev–Trinajstić information content (AvgIpc) is 2.41. The van der Waals surface area contributed by atoms with Crippen LogP contribution in [0.2, 0.25) is 0 Å². The molecule has 1 aromatic carbocycles. The lowest BCUT2D eigenvalue weighted by Gasteiger charge is -2.09. The van der Waals surface area contributed by atoms with Crippen molar-refractivity contribution in [2.24, 2.45) is 0 Å². The van der Waals surface area contributed by atoms with Gasteiger partial charge in [-0.15, -0.1) is 0 Å². The average molecular weight is 305 g/mol. The molecular formula is C14H13BrN2O. The fourth-order valence-corrected chi connectivity index (χ4v) is 2.07. The fraction of sp³-hybridized carbons (Fsp3) is 0.143. The second-order valence-electron chi connectivity index (χ2n) is 3.81. The molecule has 0 aliphatic carbocycles. The Labute approximate surface area is 114 Å². The van der Waals surface area contributed by atoms with Crippen molar-refractivity contribution < 1.29 is 4.79 Å². The molecule has 2 aromatic rings. The number of aromatic nitrogens is 1. The number of carbonyl (C=O) groups is 1. The van der Waals surface area contributed by atoms with E-state index >= 15 is 0 Å². The first-order chi connectivity index (χ1) is 8.72. The summed E-state index contributed by atoms with van der Waals surface area (Å²) in [5.74, 6) is -0.110. The molecule has 0 unspecified atom stereocenters. The first-order valence-electron chi connectivity index (χ1n) is 5.72. The first-order valence-corrected chi connectivity index (χ1v) is 6.51. The van der Waals surface area contributed by atoms with Crippen molar-refractivity contribution in [1.29, 1.82) is 0 Å². The first kappa shape index (κ1) is 12.8. The molecule has 18 heavy (non-hydrogen) atoms. The number of rotatable bonds is 3. The lowest BCUT2D eigenvalue weighted by Crippen LogP contribution is -2.14. The van der Waals surface area contributed by atoms with Crippen molar-refractivity contribution in [2.45, 2.75) is 13.3 Å². The molecule has 4 heteroatoms. The third-order valence-corrected chi connectivity index (χ3v) is 3.28. The number of anilines is 1. The molecule has 0 fully saturated rings. The Kier molecular flexibility index (Phi) is 4.10. The largest absolute Gasteiger partial charge is 0.320 e. The summed E-state index contributed by atoms with van der Waals surface area (Å²) >= 11 is 3.31. The van der Waals surface area contributed by atoms with E-state index in [2.05, 4.69) is 26.2 Å². The molecule has 1 aromatic heterocycles. The lowest BCUT2D eigenvalue weighted by molar-refractivity contribution is 0.102. The van der Waals surface area contributed by atoms with E-state index < -0.39 is 0 Å². The van der Waals surface area contributed by atoms with Gasteiger partial charge in [-0.1, -0.05) is 25.1 Å². The Morgan fingerprint density at radius 1 is 1.28 bits per heavy atom. The van der Waals surface area contributed by atoms with Crippen LogP contribution in [0.4, 0.5) is 5.69 Å². The van der Waals surface area contributed by atoms with Gasteiger partial charge in [0.2, 0.25) is 0 Å². The fourth-order valence-electron chi connectivity index (χ4n) is 1.72. The van der Waals surface area contributed by atoms with Crippen LogP contribution in [0, 0.1) is 0 Å². The smallest absolute Gasteiger partial charge is 0.256 e. The van der Waals surface area contributed by atoms with Crippen LogP contribution in [-0.2, 0) is 6.42 Å². The Balaban J connectivity index is 2.25. The van der Waals surface area contributed by atoms with E-state index in [1.54, 1.807) is 12.3 Å². The van der Waals surface area contributed by atoms with Gasteiger partial charge < -0.3 is 5.32 Å². The van der Waals surface area contributed by atoms with Crippen molar-refractivity contribution in [1.82, 2.24) is 4.98 Å². The van der Waals surface area contributed by atoms with Crippen LogP contribution in [0.25, 0.3) is 0 Å². The summed E-state index contributed by atoms with van der Waals surface area (Å²) in [6.45, 7) is 2.03. The molecule has 1 heterocycles. The predicted octanol–water partition coefficient (Wildman–Crippen LogP) is 3.66. The van der Waals surface area contributed by atoms with Crippen LogP contribution >= 0.6 is 15.9 Å². The highest BCUT2D eigenvalue weighted by molar-refractivity contribution is 9.10. The molecule has 2 rings (SSSR count). The van der Waals surface area contributed by atoms with E-state index in [0.29, 0.717) is 15.9 Å². The number of carbonyl (C=O) groups excluding carboxylic acids is 1. The molecule has 3 nitrogen and oxygen atoms in total. The summed E-state index contributed by atoms with van der Waals surface area (Å²) < 4.78 is 0.632. The van der Waals surface area contributed by atoms with Gasteiger partial charge in [0.05, 0.1) is 5.69 Å². The van der Waals surface area contributed by atoms with Gasteiger partial charge in [-0.3, -0.25) is 4.79 Å². The van der Waals surface area contributed by atoms with Crippen LogP contribution in [0.5, 0.6) is 0 Å². The van der Waals surface area contributed by atoms with E-state index in [4.69, 9.17) is 0 Å². The molecule has 0 atom stereocenters. The second kappa shape index (κ2) is 5.78. The summed E-state index contributed by atoms with van der Waals surface area (Å²) in [4.78, 5) is 16.3. The predicted molar refractivity (Wildman–Crippen MR) is 75.7 cm³/mol. The second-order valence-corrected chi connectivity index (χ2v) is 4.56. The van der Waals surface area contributed by atoms with Gasteiger partial charge in [0.15, 0.2) is 0 Å². The number of halogens is 1. The molecular weight excluding hydrogens is 292 g/mol. The van der Waals surface area contributed by atoms with E-state index in [9.17, 15) is 4.79 Å². The zero-order valence-electron chi connectivity index (χ0n) is 9.98. The summed E-state index contributed by atoms with van der Waals surface area (Å²) in [6, 6.07) is 11.2. The van der Waals surface area contributed by atoms with Crippen LogP contribution in [-0.4, -0.2) is 10.9 Å². The Bertz CT molecular complexity index is 569. The highest BCUT2D eigenvalue weighted by atomic mass is 79.9. The molecule has 1 amide bonds. The summed E-state index contributed by atoms with van der Waals surface area (Å²) in [7, 11) is 0. The van der Waals surface area contributed by atoms with Crippen LogP contribution in [0.1, 0.15) is 22.8 Å². The molecule has 92 valence electrons. The maximum atomic E-state index is 12.2. The van der Waals surface area contributed by atoms with Crippen LogP contribution in [0.3, 0.4) is 0 Å². The van der Waals surface area contributed by atoms with Gasteiger partial charge in [0.25, 0.3) is 5.91 Å². The summed E-state index contributed by atoms with van der Waals surface area (Å²) in [5.41, 5.74) is 2.42. The zero-order valence-corrected chi connectivity index (χ0v) is 11.6. The van der Waals surface area contributed by atoms with Crippen molar-refractivity contribution in [3.63, 3.8) is 0 Å². The van der Waals surface area contributed by atoms with Crippen LogP contribution in [0.15, 0.2) is 47.2 Å². The quantitative estimate of drug-likeness (QED) is 0.879. The van der Waals surface area contributed by atoms with E-state index in [1.807, 2.05) is 37.3 Å². The zero-order chi connectivity index (χ0) is 13.0. The Morgan fingerprint density at radius 2 is 2.06 bits per heavy atom. The summed E-state index contributed by atoms with van der Waals surface area (Å²) in [6.07, 6.45) is 2.50. The SMILES string of the molecule is CCc1ccccc1C(=O)Nc1cccnc1Br. The molecule has 0 saturated carbocycles. The number of benzene rings is 1. The molecule has 0 radical (unpaired) electrons. The van der Waals surface area contributed by atoms with Gasteiger partial charge in [-0.05, 0) is 46.1 Å². The lowest BCUT2D eigenvalue weighted by atomic mass is 10.0. The maximum absolute atomic E-state index is 12.2. The van der Waals surface area contributed by atoms with Gasteiger partial charge >= 0.3 is 0 Å². The highest BCUT2D eigenvalue weighted by Crippen LogP contribution is 2.20. The monoisotopic (exact) mass is 304 g/mol. The topological polar surface area (TPSA) is 42.0 Å². The molecule has 0 aliphatic heterocycles. The molecule has 0 spiro atoms. The van der Waals surface area contributed by atoms with Gasteiger partial charge in [0.1, 0.15) is 4.60 Å². The third-order valence-electron chi connectivity index (χ3n) is 2.65. The Morgan fingerprint density at radius 3 is 2.78 bits per heavy atom. The van der Waals surface area contributed by atoms with Gasteiger partial charge in [-0.25, -0.2) is 4.98 Å². The van der Waals surface area contributed by atoms with Crippen molar-refractivity contribution >= 4 is 27.5 Å². The summed E-state index contributed by atoms with van der Waals surface area (Å²) in [5, 5.41) is 2.85. The number of nitrogens with one attached hydrogen (secondary N) is 1. The maximum Gasteiger partial charge on any atom is 0.256 e.